The van der Waals surface area contributed by atoms with Crippen LogP contribution in [0.1, 0.15) is 25.3 Å². The lowest BCUT2D eigenvalue weighted by atomic mass is 9.97. The van der Waals surface area contributed by atoms with Gasteiger partial charge in [0.2, 0.25) is 21.8 Å². The topological polar surface area (TPSA) is 86.8 Å². The number of rotatable bonds is 6. The van der Waals surface area contributed by atoms with E-state index in [1.54, 1.807) is 30.1 Å². The number of sulfonamides is 1. The van der Waals surface area contributed by atoms with E-state index < -0.39 is 10.0 Å². The monoisotopic (exact) mass is 463 g/mol. The molecule has 0 unspecified atom stereocenters. The van der Waals surface area contributed by atoms with Gasteiger partial charge in [0.05, 0.1) is 4.90 Å². The molecule has 166 valence electrons. The van der Waals surface area contributed by atoms with Gasteiger partial charge >= 0.3 is 0 Å². The highest BCUT2D eigenvalue weighted by Gasteiger charge is 2.32. The van der Waals surface area contributed by atoms with E-state index in [9.17, 15) is 18.0 Å². The minimum Gasteiger partial charge on any atom is -0.342 e. The number of benzene rings is 2. The Morgan fingerprint density at radius 2 is 1.77 bits per heavy atom. The molecule has 1 aliphatic rings. The fourth-order valence-corrected chi connectivity index (χ4v) is 5.09. The molecule has 1 saturated heterocycles. The van der Waals surface area contributed by atoms with Crippen molar-refractivity contribution in [2.24, 2.45) is 5.92 Å². The average Bonchev–Trinajstić information content (AvgIpc) is 2.74. The SMILES string of the molecule is CC(=O)N(C)Cc1cccc(NC(=O)C2CCN(S(=O)(=O)c3ccc(Cl)cc3)CC2)c1. The number of carbonyl (C=O) groups is 2. The van der Waals surface area contributed by atoms with E-state index in [0.29, 0.717) is 30.1 Å². The Morgan fingerprint density at radius 3 is 2.39 bits per heavy atom. The Morgan fingerprint density at radius 1 is 1.13 bits per heavy atom. The van der Waals surface area contributed by atoms with Crippen molar-refractivity contribution in [1.29, 1.82) is 0 Å². The highest BCUT2D eigenvalue weighted by Crippen LogP contribution is 2.26. The lowest BCUT2D eigenvalue weighted by Crippen LogP contribution is -2.41. The molecule has 0 radical (unpaired) electrons. The molecule has 2 aromatic rings. The van der Waals surface area contributed by atoms with E-state index in [1.807, 2.05) is 18.2 Å². The van der Waals surface area contributed by atoms with Gasteiger partial charge in [0.1, 0.15) is 0 Å². The zero-order chi connectivity index (χ0) is 22.6. The summed E-state index contributed by atoms with van der Waals surface area (Å²) >= 11 is 5.85. The maximum absolute atomic E-state index is 12.8. The summed E-state index contributed by atoms with van der Waals surface area (Å²) < 4.78 is 27.0. The van der Waals surface area contributed by atoms with Gasteiger partial charge in [0.25, 0.3) is 0 Å². The predicted molar refractivity (Wildman–Crippen MR) is 120 cm³/mol. The zero-order valence-corrected chi connectivity index (χ0v) is 19.1. The summed E-state index contributed by atoms with van der Waals surface area (Å²) in [6.07, 6.45) is 0.900. The number of nitrogens with one attached hydrogen (secondary N) is 1. The number of carbonyl (C=O) groups excluding carboxylic acids is 2. The largest absolute Gasteiger partial charge is 0.342 e. The van der Waals surface area contributed by atoms with Gasteiger partial charge in [-0.15, -0.1) is 0 Å². The van der Waals surface area contributed by atoms with Gasteiger partial charge in [-0.25, -0.2) is 8.42 Å². The Bertz CT molecular complexity index is 1050. The van der Waals surface area contributed by atoms with Gasteiger partial charge < -0.3 is 10.2 Å². The molecule has 1 N–H and O–H groups in total. The van der Waals surface area contributed by atoms with Crippen molar-refractivity contribution >= 4 is 39.1 Å². The Balaban J connectivity index is 1.58. The number of halogens is 1. The summed E-state index contributed by atoms with van der Waals surface area (Å²) in [4.78, 5) is 25.9. The molecular weight excluding hydrogens is 438 g/mol. The number of piperidine rings is 1. The van der Waals surface area contributed by atoms with Crippen molar-refractivity contribution in [3.8, 4) is 0 Å². The van der Waals surface area contributed by atoms with Crippen molar-refractivity contribution in [1.82, 2.24) is 9.21 Å². The fraction of sp³-hybridized carbons (Fsp3) is 0.364. The quantitative estimate of drug-likeness (QED) is 0.711. The summed E-state index contributed by atoms with van der Waals surface area (Å²) in [5.41, 5.74) is 1.58. The standard InChI is InChI=1S/C22H26ClN3O4S/c1-16(27)25(2)15-17-4-3-5-20(14-17)24-22(28)18-10-12-26(13-11-18)31(29,30)21-8-6-19(23)7-9-21/h3-9,14,18H,10-13,15H2,1-2H3,(H,24,28). The first-order valence-corrected chi connectivity index (χ1v) is 11.9. The minimum atomic E-state index is -3.60. The van der Waals surface area contributed by atoms with Gasteiger partial charge in [-0.1, -0.05) is 23.7 Å². The molecule has 9 heteroatoms. The highest BCUT2D eigenvalue weighted by atomic mass is 35.5. The van der Waals surface area contributed by atoms with Gasteiger partial charge in [0, 0.05) is 50.2 Å². The second-order valence-corrected chi connectivity index (χ2v) is 10.1. The Kier molecular flexibility index (Phi) is 7.35. The van der Waals surface area contributed by atoms with Crippen LogP contribution < -0.4 is 5.32 Å². The van der Waals surface area contributed by atoms with Crippen LogP contribution in [0, 0.1) is 5.92 Å². The molecular formula is C22H26ClN3O4S. The third-order valence-electron chi connectivity index (χ3n) is 5.43. The zero-order valence-electron chi connectivity index (χ0n) is 17.5. The first-order chi connectivity index (χ1) is 14.7. The van der Waals surface area contributed by atoms with Crippen molar-refractivity contribution in [3.05, 3.63) is 59.1 Å². The third kappa shape index (κ3) is 5.84. The first kappa shape index (κ1) is 23.2. The van der Waals surface area contributed by atoms with Crippen LogP contribution in [0.15, 0.2) is 53.4 Å². The molecule has 1 fully saturated rings. The number of anilines is 1. The highest BCUT2D eigenvalue weighted by molar-refractivity contribution is 7.89. The molecule has 0 bridgehead atoms. The smallest absolute Gasteiger partial charge is 0.243 e. The number of hydrogen-bond acceptors (Lipinski definition) is 4. The molecule has 7 nitrogen and oxygen atoms in total. The van der Waals surface area contributed by atoms with Crippen LogP contribution in [0.25, 0.3) is 0 Å². The maximum Gasteiger partial charge on any atom is 0.243 e. The van der Waals surface area contributed by atoms with E-state index in [0.717, 1.165) is 5.56 Å². The average molecular weight is 464 g/mol. The van der Waals surface area contributed by atoms with Gasteiger partial charge in [-0.3, -0.25) is 9.59 Å². The second-order valence-electron chi connectivity index (χ2n) is 7.70. The van der Waals surface area contributed by atoms with Crippen LogP contribution in [0.2, 0.25) is 5.02 Å². The molecule has 1 aliphatic heterocycles. The third-order valence-corrected chi connectivity index (χ3v) is 7.59. The molecule has 2 aromatic carbocycles. The molecule has 1 heterocycles. The van der Waals surface area contributed by atoms with Crippen LogP contribution >= 0.6 is 11.6 Å². The van der Waals surface area contributed by atoms with E-state index in [-0.39, 0.29) is 35.7 Å². The second kappa shape index (κ2) is 9.80. The molecule has 3 rings (SSSR count). The Labute approximate surface area is 188 Å². The minimum absolute atomic E-state index is 0.0326. The van der Waals surface area contributed by atoms with Crippen LogP contribution in [0.4, 0.5) is 5.69 Å². The molecule has 2 amide bonds. The molecule has 0 spiro atoms. The Hall–Kier alpha value is -2.42. The van der Waals surface area contributed by atoms with Crippen LogP contribution in [0.3, 0.4) is 0 Å². The number of nitrogens with zero attached hydrogens (tertiary/aromatic N) is 2. The summed E-state index contributed by atoms with van der Waals surface area (Å²) in [6, 6.07) is 13.5. The van der Waals surface area contributed by atoms with Crippen molar-refractivity contribution in [3.63, 3.8) is 0 Å². The fourth-order valence-electron chi connectivity index (χ4n) is 3.49. The predicted octanol–water partition coefficient (Wildman–Crippen LogP) is 3.36. The lowest BCUT2D eigenvalue weighted by molar-refractivity contribution is -0.128. The molecule has 0 aliphatic carbocycles. The van der Waals surface area contributed by atoms with E-state index in [2.05, 4.69) is 5.32 Å². The molecule has 31 heavy (non-hydrogen) atoms. The van der Waals surface area contributed by atoms with Crippen molar-refractivity contribution in [2.75, 3.05) is 25.5 Å². The van der Waals surface area contributed by atoms with Crippen molar-refractivity contribution < 1.29 is 18.0 Å². The van der Waals surface area contributed by atoms with Crippen LogP contribution in [-0.2, 0) is 26.2 Å². The van der Waals surface area contributed by atoms with E-state index >= 15 is 0 Å². The maximum atomic E-state index is 12.8. The van der Waals surface area contributed by atoms with Crippen LogP contribution in [-0.4, -0.2) is 49.6 Å². The van der Waals surface area contributed by atoms with E-state index in [1.165, 1.54) is 23.4 Å². The van der Waals surface area contributed by atoms with Gasteiger partial charge in [-0.2, -0.15) is 4.31 Å². The molecule has 0 atom stereocenters. The summed E-state index contributed by atoms with van der Waals surface area (Å²) in [7, 11) is -1.88. The molecule has 0 saturated carbocycles. The van der Waals surface area contributed by atoms with Crippen molar-refractivity contribution in [2.45, 2.75) is 31.2 Å². The van der Waals surface area contributed by atoms with Gasteiger partial charge in [0.15, 0.2) is 0 Å². The molecule has 0 aromatic heterocycles. The summed E-state index contributed by atoms with van der Waals surface area (Å²) in [6.45, 7) is 2.53. The van der Waals surface area contributed by atoms with E-state index in [4.69, 9.17) is 11.6 Å². The number of hydrogen-bond donors (Lipinski definition) is 1. The summed E-state index contributed by atoms with van der Waals surface area (Å²) in [5.74, 6) is -0.421. The van der Waals surface area contributed by atoms with Gasteiger partial charge in [-0.05, 0) is 54.8 Å². The van der Waals surface area contributed by atoms with Crippen LogP contribution in [0.5, 0.6) is 0 Å². The first-order valence-electron chi connectivity index (χ1n) is 10.0. The lowest BCUT2D eigenvalue weighted by Gasteiger charge is -2.30. The summed E-state index contributed by atoms with van der Waals surface area (Å²) in [5, 5.41) is 3.40. The normalized spacial score (nSPS) is 15.5. The number of amides is 2.